The van der Waals surface area contributed by atoms with Crippen LogP contribution >= 0.6 is 0 Å². The summed E-state index contributed by atoms with van der Waals surface area (Å²) in [5, 5.41) is 13.2. The van der Waals surface area contributed by atoms with E-state index >= 15 is 0 Å². The van der Waals surface area contributed by atoms with Crippen LogP contribution in [0.2, 0.25) is 0 Å². The standard InChI is InChI=1S/C26H26N8O2/c1-17-31-25(32-34(17)16-19-6-4-18(5-7-19)15-33-13-3-11-30-33)26(35)29-14-20-8-9-22-21(23(20)36-2)10-12-28-24(22)27/h3-13H,14-16H2,1-2H3,(H2,27,28)(H,29,35). The summed E-state index contributed by atoms with van der Waals surface area (Å²) >= 11 is 0. The Hall–Kier alpha value is -4.73. The van der Waals surface area contributed by atoms with Crippen LogP contribution in [0.15, 0.2) is 67.1 Å². The first kappa shape index (κ1) is 23.0. The molecule has 2 aromatic carbocycles. The largest absolute Gasteiger partial charge is 0.496 e. The van der Waals surface area contributed by atoms with Gasteiger partial charge >= 0.3 is 0 Å². The van der Waals surface area contributed by atoms with E-state index in [1.54, 1.807) is 24.2 Å². The van der Waals surface area contributed by atoms with Gasteiger partial charge in [0.25, 0.3) is 5.91 Å². The first-order valence-corrected chi connectivity index (χ1v) is 11.5. The maximum absolute atomic E-state index is 12.8. The van der Waals surface area contributed by atoms with Crippen molar-refractivity contribution in [3.63, 3.8) is 0 Å². The zero-order valence-electron chi connectivity index (χ0n) is 20.0. The molecule has 3 N–H and O–H groups in total. The SMILES string of the molecule is COc1c(CNC(=O)c2nc(C)n(Cc3ccc(Cn4cccn4)cc3)n2)ccc2c(N)nccc12. The van der Waals surface area contributed by atoms with Gasteiger partial charge in [0.2, 0.25) is 5.82 Å². The van der Waals surface area contributed by atoms with Gasteiger partial charge in [-0.05, 0) is 30.2 Å². The maximum Gasteiger partial charge on any atom is 0.291 e. The fraction of sp³-hybridized carbons (Fsp3) is 0.192. The second-order valence-corrected chi connectivity index (χ2v) is 8.39. The van der Waals surface area contributed by atoms with E-state index < -0.39 is 0 Å². The van der Waals surface area contributed by atoms with Gasteiger partial charge in [0, 0.05) is 41.5 Å². The van der Waals surface area contributed by atoms with Crippen molar-refractivity contribution in [1.29, 1.82) is 0 Å². The van der Waals surface area contributed by atoms with Gasteiger partial charge in [-0.2, -0.15) is 5.10 Å². The zero-order chi connectivity index (χ0) is 25.1. The van der Waals surface area contributed by atoms with Crippen molar-refractivity contribution in [3.05, 3.63) is 95.5 Å². The van der Waals surface area contributed by atoms with E-state index in [1.807, 2.05) is 54.2 Å². The van der Waals surface area contributed by atoms with Crippen LogP contribution in [-0.2, 0) is 19.6 Å². The number of aromatic nitrogens is 6. The number of nitrogens with one attached hydrogen (secondary N) is 1. The number of nitrogens with zero attached hydrogens (tertiary/aromatic N) is 6. The van der Waals surface area contributed by atoms with Crippen LogP contribution in [0.1, 0.15) is 33.1 Å². The van der Waals surface area contributed by atoms with Crippen molar-refractivity contribution in [2.24, 2.45) is 0 Å². The molecular weight excluding hydrogens is 456 g/mol. The third kappa shape index (κ3) is 4.74. The molecular formula is C26H26N8O2. The van der Waals surface area contributed by atoms with Crippen molar-refractivity contribution < 1.29 is 9.53 Å². The Bertz CT molecular complexity index is 1510. The quantitative estimate of drug-likeness (QED) is 0.348. The summed E-state index contributed by atoms with van der Waals surface area (Å²) in [5.41, 5.74) is 9.01. The number of pyridine rings is 1. The van der Waals surface area contributed by atoms with E-state index in [0.717, 1.165) is 27.5 Å². The molecule has 0 saturated heterocycles. The Balaban J connectivity index is 1.25. The monoisotopic (exact) mass is 482 g/mol. The Labute approximate surface area is 207 Å². The minimum Gasteiger partial charge on any atom is -0.496 e. The van der Waals surface area contributed by atoms with Crippen LogP contribution in [0.5, 0.6) is 5.75 Å². The zero-order valence-corrected chi connectivity index (χ0v) is 20.0. The third-order valence-electron chi connectivity index (χ3n) is 5.97. The van der Waals surface area contributed by atoms with Gasteiger partial charge in [0.15, 0.2) is 0 Å². The maximum atomic E-state index is 12.8. The highest BCUT2D eigenvalue weighted by molar-refractivity contribution is 5.96. The number of hydrogen-bond acceptors (Lipinski definition) is 7. The molecule has 36 heavy (non-hydrogen) atoms. The summed E-state index contributed by atoms with van der Waals surface area (Å²) in [5.74, 6) is 1.50. The molecule has 3 heterocycles. The second kappa shape index (κ2) is 9.87. The molecule has 0 spiro atoms. The van der Waals surface area contributed by atoms with Gasteiger partial charge in [0.05, 0.1) is 20.2 Å². The number of nitrogens with two attached hydrogens (primary N) is 1. The lowest BCUT2D eigenvalue weighted by atomic mass is 10.1. The highest BCUT2D eigenvalue weighted by atomic mass is 16.5. The molecule has 0 aliphatic heterocycles. The molecule has 10 nitrogen and oxygen atoms in total. The van der Waals surface area contributed by atoms with Gasteiger partial charge in [-0.15, -0.1) is 5.10 Å². The number of ether oxygens (including phenoxy) is 1. The third-order valence-corrected chi connectivity index (χ3v) is 5.97. The Morgan fingerprint density at radius 2 is 1.81 bits per heavy atom. The molecule has 3 aromatic heterocycles. The van der Waals surface area contributed by atoms with Gasteiger partial charge in [0.1, 0.15) is 17.4 Å². The fourth-order valence-electron chi connectivity index (χ4n) is 4.10. The molecule has 0 aliphatic rings. The van der Waals surface area contributed by atoms with Crippen molar-refractivity contribution in [2.45, 2.75) is 26.6 Å². The summed E-state index contributed by atoms with van der Waals surface area (Å²) in [4.78, 5) is 21.3. The molecule has 5 rings (SSSR count). The van der Waals surface area contributed by atoms with Crippen LogP contribution in [0.4, 0.5) is 5.82 Å². The lowest BCUT2D eigenvalue weighted by molar-refractivity contribution is 0.0940. The minimum atomic E-state index is -0.359. The lowest BCUT2D eigenvalue weighted by Crippen LogP contribution is -2.24. The number of rotatable bonds is 8. The van der Waals surface area contributed by atoms with Crippen LogP contribution in [0, 0.1) is 6.92 Å². The molecule has 0 aliphatic carbocycles. The summed E-state index contributed by atoms with van der Waals surface area (Å²) in [6.07, 6.45) is 5.33. The minimum absolute atomic E-state index is 0.121. The van der Waals surface area contributed by atoms with Crippen LogP contribution < -0.4 is 15.8 Å². The Kier molecular flexibility index (Phi) is 6.31. The normalized spacial score (nSPS) is 11.1. The van der Waals surface area contributed by atoms with Crippen molar-refractivity contribution in [2.75, 3.05) is 12.8 Å². The predicted octanol–water partition coefficient (Wildman–Crippen LogP) is 2.95. The number of carbonyl (C=O) groups excluding carboxylic acids is 1. The number of amides is 1. The van der Waals surface area contributed by atoms with Gasteiger partial charge in [-0.1, -0.05) is 36.4 Å². The topological polar surface area (TPSA) is 126 Å². The summed E-state index contributed by atoms with van der Waals surface area (Å²) in [7, 11) is 1.59. The smallest absolute Gasteiger partial charge is 0.291 e. The number of fused-ring (bicyclic) bond motifs is 1. The summed E-state index contributed by atoms with van der Waals surface area (Å²) in [6, 6.07) is 15.7. The molecule has 5 aromatic rings. The molecule has 0 fully saturated rings. The number of benzene rings is 2. The number of hydrogen-bond donors (Lipinski definition) is 2. The number of carbonyl (C=O) groups is 1. The van der Waals surface area contributed by atoms with E-state index in [4.69, 9.17) is 10.5 Å². The number of anilines is 1. The van der Waals surface area contributed by atoms with E-state index in [9.17, 15) is 4.79 Å². The van der Waals surface area contributed by atoms with E-state index in [-0.39, 0.29) is 18.3 Å². The molecule has 182 valence electrons. The Morgan fingerprint density at radius 1 is 1.03 bits per heavy atom. The fourth-order valence-corrected chi connectivity index (χ4v) is 4.10. The van der Waals surface area contributed by atoms with Gasteiger partial charge in [-0.3, -0.25) is 9.48 Å². The molecule has 0 radical (unpaired) electrons. The summed E-state index contributed by atoms with van der Waals surface area (Å²) < 4.78 is 9.21. The predicted molar refractivity (Wildman–Crippen MR) is 136 cm³/mol. The molecule has 0 bridgehead atoms. The van der Waals surface area contributed by atoms with Crippen LogP contribution in [0.3, 0.4) is 0 Å². The highest BCUT2D eigenvalue weighted by Gasteiger charge is 2.16. The average Bonchev–Trinajstić information content (AvgIpc) is 3.53. The lowest BCUT2D eigenvalue weighted by Gasteiger charge is -2.13. The average molecular weight is 483 g/mol. The molecule has 1 amide bonds. The number of methoxy groups -OCH3 is 1. The van der Waals surface area contributed by atoms with E-state index in [2.05, 4.69) is 37.6 Å². The number of nitrogen functional groups attached to an aromatic ring is 1. The first-order valence-electron chi connectivity index (χ1n) is 11.5. The van der Waals surface area contributed by atoms with Gasteiger partial charge < -0.3 is 15.8 Å². The van der Waals surface area contributed by atoms with Crippen molar-refractivity contribution in [1.82, 2.24) is 34.8 Å². The van der Waals surface area contributed by atoms with Crippen LogP contribution in [-0.4, -0.2) is 42.5 Å². The van der Waals surface area contributed by atoms with E-state index in [0.29, 0.717) is 30.5 Å². The molecule has 10 heteroatoms. The molecule has 0 saturated carbocycles. The van der Waals surface area contributed by atoms with Crippen molar-refractivity contribution >= 4 is 22.5 Å². The van der Waals surface area contributed by atoms with Crippen molar-refractivity contribution in [3.8, 4) is 5.75 Å². The van der Waals surface area contributed by atoms with Crippen LogP contribution in [0.25, 0.3) is 10.8 Å². The van der Waals surface area contributed by atoms with E-state index in [1.165, 1.54) is 0 Å². The Morgan fingerprint density at radius 3 is 2.53 bits per heavy atom. The number of aryl methyl sites for hydroxylation is 1. The highest BCUT2D eigenvalue weighted by Crippen LogP contribution is 2.31. The second-order valence-electron chi connectivity index (χ2n) is 8.39. The molecule has 0 atom stereocenters. The van der Waals surface area contributed by atoms with Gasteiger partial charge in [-0.25, -0.2) is 14.6 Å². The summed E-state index contributed by atoms with van der Waals surface area (Å²) in [6.45, 7) is 3.32. The molecule has 0 unspecified atom stereocenters. The first-order chi connectivity index (χ1) is 17.5.